The van der Waals surface area contributed by atoms with Crippen molar-refractivity contribution in [1.82, 2.24) is 0 Å². The zero-order chi connectivity index (χ0) is 14.1. The number of hydrogen-bond acceptors (Lipinski definition) is 2. The van der Waals surface area contributed by atoms with Crippen LogP contribution in [0.3, 0.4) is 0 Å². The van der Waals surface area contributed by atoms with Crippen molar-refractivity contribution in [2.24, 2.45) is 0 Å². The molecule has 1 rings (SSSR count). The third kappa shape index (κ3) is 3.52. The van der Waals surface area contributed by atoms with E-state index in [0.717, 1.165) is 11.1 Å². The van der Waals surface area contributed by atoms with E-state index in [0.29, 0.717) is 5.56 Å². The molecule has 0 spiro atoms. The fourth-order valence-electron chi connectivity index (χ4n) is 1.67. The van der Waals surface area contributed by atoms with Crippen molar-refractivity contribution in [3.05, 3.63) is 34.4 Å². The summed E-state index contributed by atoms with van der Waals surface area (Å²) in [6, 6.07) is 3.93. The summed E-state index contributed by atoms with van der Waals surface area (Å²) in [5.74, 6) is 0.0798. The van der Waals surface area contributed by atoms with E-state index >= 15 is 0 Å². The number of carbonyl (C=O) groups excluding carboxylic acids is 1. The SMILES string of the molecule is Cc1cc(C)c(C(=O)CS(=O)C(C)(C)C)cc1C. The lowest BCUT2D eigenvalue weighted by Gasteiger charge is -2.17. The number of Topliss-reactive ketones (excluding diaryl/α,β-unsaturated/α-hetero) is 1. The van der Waals surface area contributed by atoms with Gasteiger partial charge in [-0.25, -0.2) is 0 Å². The Kier molecular flexibility index (Phi) is 4.49. The Labute approximate surface area is 112 Å². The van der Waals surface area contributed by atoms with Crippen molar-refractivity contribution in [3.8, 4) is 0 Å². The molecule has 1 atom stereocenters. The van der Waals surface area contributed by atoms with Gasteiger partial charge in [-0.3, -0.25) is 9.00 Å². The van der Waals surface area contributed by atoms with Crippen LogP contribution in [-0.4, -0.2) is 20.5 Å². The smallest absolute Gasteiger partial charge is 0.175 e. The molecule has 0 radical (unpaired) electrons. The lowest BCUT2D eigenvalue weighted by molar-refractivity contribution is 0.102. The van der Waals surface area contributed by atoms with Gasteiger partial charge in [0.05, 0.1) is 5.75 Å². The molecular formula is C15H22O2S. The lowest BCUT2D eigenvalue weighted by atomic mass is 9.99. The standard InChI is InChI=1S/C15H22O2S/c1-10-7-12(3)13(8-11(10)2)14(16)9-18(17)15(4,5)6/h7-8H,9H2,1-6H3. The largest absolute Gasteiger partial charge is 0.293 e. The zero-order valence-corrected chi connectivity index (χ0v) is 12.9. The predicted octanol–water partition coefficient (Wildman–Crippen LogP) is 3.34. The van der Waals surface area contributed by atoms with Crippen molar-refractivity contribution >= 4 is 16.6 Å². The molecular weight excluding hydrogens is 244 g/mol. The number of ketones is 1. The first-order valence-electron chi connectivity index (χ1n) is 6.12. The molecule has 0 aromatic heterocycles. The minimum atomic E-state index is -1.14. The Morgan fingerprint density at radius 3 is 2.06 bits per heavy atom. The van der Waals surface area contributed by atoms with Crippen LogP contribution in [0.15, 0.2) is 12.1 Å². The number of rotatable bonds is 3. The van der Waals surface area contributed by atoms with Gasteiger partial charge in [0, 0.05) is 21.1 Å². The molecule has 3 heteroatoms. The van der Waals surface area contributed by atoms with Crippen LogP contribution >= 0.6 is 0 Å². The number of hydrogen-bond donors (Lipinski definition) is 0. The molecule has 0 saturated carbocycles. The van der Waals surface area contributed by atoms with E-state index in [4.69, 9.17) is 0 Å². The van der Waals surface area contributed by atoms with E-state index in [2.05, 4.69) is 0 Å². The summed E-state index contributed by atoms with van der Waals surface area (Å²) < 4.78 is 11.7. The number of benzene rings is 1. The maximum Gasteiger partial charge on any atom is 0.175 e. The predicted molar refractivity (Wildman–Crippen MR) is 77.7 cm³/mol. The van der Waals surface area contributed by atoms with Crippen LogP contribution in [0.4, 0.5) is 0 Å². The molecule has 0 saturated heterocycles. The summed E-state index contributed by atoms with van der Waals surface area (Å²) in [4.78, 5) is 12.2. The molecule has 0 aliphatic carbocycles. The third-order valence-corrected chi connectivity index (χ3v) is 4.98. The number of carbonyl (C=O) groups is 1. The zero-order valence-electron chi connectivity index (χ0n) is 12.1. The highest BCUT2D eigenvalue weighted by atomic mass is 32.2. The van der Waals surface area contributed by atoms with Crippen LogP contribution in [0.2, 0.25) is 0 Å². The molecule has 0 amide bonds. The maximum atomic E-state index is 12.2. The summed E-state index contributed by atoms with van der Waals surface area (Å²) in [7, 11) is -1.14. The third-order valence-electron chi connectivity index (χ3n) is 3.09. The molecule has 0 fully saturated rings. The van der Waals surface area contributed by atoms with Crippen molar-refractivity contribution < 1.29 is 9.00 Å². The van der Waals surface area contributed by atoms with Crippen LogP contribution in [0.25, 0.3) is 0 Å². The summed E-state index contributed by atoms with van der Waals surface area (Å²) in [6.45, 7) is 11.6. The molecule has 1 aromatic rings. The maximum absolute atomic E-state index is 12.2. The van der Waals surface area contributed by atoms with E-state index < -0.39 is 10.8 Å². The second-order valence-electron chi connectivity index (χ2n) is 5.78. The van der Waals surface area contributed by atoms with Gasteiger partial charge in [0.1, 0.15) is 0 Å². The Hall–Kier alpha value is -0.960. The topological polar surface area (TPSA) is 34.1 Å². The second-order valence-corrected chi connectivity index (χ2v) is 7.98. The fourth-order valence-corrected chi connectivity index (χ4v) is 2.50. The molecule has 100 valence electrons. The summed E-state index contributed by atoms with van der Waals surface area (Å²) in [5.41, 5.74) is 3.95. The van der Waals surface area contributed by atoms with Crippen molar-refractivity contribution in [1.29, 1.82) is 0 Å². The molecule has 0 N–H and O–H groups in total. The second kappa shape index (κ2) is 5.35. The highest BCUT2D eigenvalue weighted by Crippen LogP contribution is 2.18. The molecule has 0 bridgehead atoms. The molecule has 0 aliphatic rings. The van der Waals surface area contributed by atoms with Gasteiger partial charge in [-0.2, -0.15) is 0 Å². The van der Waals surface area contributed by atoms with Gasteiger partial charge in [0.2, 0.25) is 0 Å². The van der Waals surface area contributed by atoms with E-state index in [9.17, 15) is 9.00 Å². The van der Waals surface area contributed by atoms with E-state index in [1.54, 1.807) is 0 Å². The van der Waals surface area contributed by atoms with Gasteiger partial charge in [-0.15, -0.1) is 0 Å². The fraction of sp³-hybridized carbons (Fsp3) is 0.533. The summed E-state index contributed by atoms with van der Waals surface area (Å²) >= 11 is 0. The average Bonchev–Trinajstić information content (AvgIpc) is 2.21. The van der Waals surface area contributed by atoms with Gasteiger partial charge < -0.3 is 0 Å². The van der Waals surface area contributed by atoms with Gasteiger partial charge in [-0.05, 0) is 64.3 Å². The van der Waals surface area contributed by atoms with Gasteiger partial charge in [0.15, 0.2) is 5.78 Å². The lowest BCUT2D eigenvalue weighted by Crippen LogP contribution is -2.28. The van der Waals surface area contributed by atoms with E-state index in [-0.39, 0.29) is 16.3 Å². The summed E-state index contributed by atoms with van der Waals surface area (Å²) in [6.07, 6.45) is 0. The monoisotopic (exact) mass is 266 g/mol. The van der Waals surface area contributed by atoms with E-state index in [1.807, 2.05) is 53.7 Å². The molecule has 18 heavy (non-hydrogen) atoms. The van der Waals surface area contributed by atoms with Crippen molar-refractivity contribution in [2.45, 2.75) is 46.3 Å². The Morgan fingerprint density at radius 1 is 1.06 bits per heavy atom. The molecule has 2 nitrogen and oxygen atoms in total. The average molecular weight is 266 g/mol. The minimum absolute atomic E-state index is 0.0242. The van der Waals surface area contributed by atoms with Crippen LogP contribution in [0.5, 0.6) is 0 Å². The first-order chi connectivity index (χ1) is 8.12. The molecule has 1 aromatic carbocycles. The highest BCUT2D eigenvalue weighted by Gasteiger charge is 2.23. The minimum Gasteiger partial charge on any atom is -0.293 e. The van der Waals surface area contributed by atoms with Crippen LogP contribution in [0.1, 0.15) is 47.8 Å². The highest BCUT2D eigenvalue weighted by molar-refractivity contribution is 7.87. The van der Waals surface area contributed by atoms with Crippen LogP contribution in [0, 0.1) is 20.8 Å². The molecule has 0 aliphatic heterocycles. The van der Waals surface area contributed by atoms with Gasteiger partial charge in [0.25, 0.3) is 0 Å². The van der Waals surface area contributed by atoms with Gasteiger partial charge in [-0.1, -0.05) is 6.07 Å². The number of aryl methyl sites for hydroxylation is 3. The Balaban J connectivity index is 2.99. The van der Waals surface area contributed by atoms with Crippen LogP contribution < -0.4 is 0 Å². The molecule has 1 unspecified atom stereocenters. The van der Waals surface area contributed by atoms with Crippen molar-refractivity contribution in [2.75, 3.05) is 5.75 Å². The van der Waals surface area contributed by atoms with E-state index in [1.165, 1.54) is 5.56 Å². The first-order valence-corrected chi connectivity index (χ1v) is 7.44. The Morgan fingerprint density at radius 2 is 1.56 bits per heavy atom. The van der Waals surface area contributed by atoms with Crippen molar-refractivity contribution in [3.63, 3.8) is 0 Å². The van der Waals surface area contributed by atoms with Crippen LogP contribution in [-0.2, 0) is 10.8 Å². The molecule has 0 heterocycles. The first kappa shape index (κ1) is 15.1. The quantitative estimate of drug-likeness (QED) is 0.786. The van der Waals surface area contributed by atoms with Gasteiger partial charge >= 0.3 is 0 Å². The summed E-state index contributed by atoms with van der Waals surface area (Å²) in [5, 5.41) is 0. The Bertz CT molecular complexity index is 496. The normalized spacial score (nSPS) is 13.4.